The number of amides is 2. The molecule has 0 bridgehead atoms. The Kier molecular flexibility index (Phi) is 12.7. The fraction of sp³-hybridized carbons (Fsp3) is 0.432. The summed E-state index contributed by atoms with van der Waals surface area (Å²) in [4.78, 5) is 16.9. The van der Waals surface area contributed by atoms with Crippen LogP contribution in [0.15, 0.2) is 85.2 Å². The molecule has 7 heteroatoms. The Bertz CT molecular complexity index is 1340. The number of hydrogen-bond donors (Lipinski definition) is 4. The van der Waals surface area contributed by atoms with Crippen molar-refractivity contribution in [3.8, 4) is 11.1 Å². The number of urea groups is 1. The summed E-state index contributed by atoms with van der Waals surface area (Å²) in [6.45, 7) is 8.62. The van der Waals surface area contributed by atoms with E-state index in [4.69, 9.17) is 0 Å². The zero-order chi connectivity index (χ0) is 31.3. The van der Waals surface area contributed by atoms with Gasteiger partial charge in [-0.1, -0.05) is 79.4 Å². The predicted octanol–water partition coefficient (Wildman–Crippen LogP) is 5.20. The topological polar surface area (TPSA) is 71.7 Å². The Morgan fingerprint density at radius 2 is 1.45 bits per heavy atom. The van der Waals surface area contributed by atoms with Gasteiger partial charge in [0, 0.05) is 31.6 Å². The van der Waals surface area contributed by atoms with Crippen LogP contribution in [0.25, 0.3) is 11.1 Å². The second kappa shape index (κ2) is 16.9. The molecule has 1 aliphatic rings. The zero-order valence-electron chi connectivity index (χ0n) is 27.2. The summed E-state index contributed by atoms with van der Waals surface area (Å²) in [6.07, 6.45) is 4.68. The van der Waals surface area contributed by atoms with Crippen LogP contribution in [0.5, 0.6) is 0 Å². The lowest BCUT2D eigenvalue weighted by molar-refractivity contribution is 0.236. The summed E-state index contributed by atoms with van der Waals surface area (Å²) in [5, 5.41) is 13.1. The highest BCUT2D eigenvalue weighted by molar-refractivity contribution is 5.75. The minimum Gasteiger partial charge on any atom is -0.372 e. The van der Waals surface area contributed by atoms with Crippen LogP contribution in [-0.4, -0.2) is 82.8 Å². The predicted molar refractivity (Wildman–Crippen MR) is 184 cm³/mol. The van der Waals surface area contributed by atoms with Gasteiger partial charge in [-0.2, -0.15) is 0 Å². The summed E-state index contributed by atoms with van der Waals surface area (Å²) in [7, 11) is 8.30. The van der Waals surface area contributed by atoms with E-state index in [0.29, 0.717) is 6.54 Å². The van der Waals surface area contributed by atoms with E-state index in [9.17, 15) is 4.79 Å². The third-order valence-electron chi connectivity index (χ3n) is 8.29. The van der Waals surface area contributed by atoms with Crippen molar-refractivity contribution in [3.63, 3.8) is 0 Å². The monoisotopic (exact) mass is 596 g/mol. The van der Waals surface area contributed by atoms with Crippen LogP contribution in [-0.2, 0) is 12.8 Å². The number of nitrogens with zero attached hydrogens (tertiary/aromatic N) is 2. The number of benzene rings is 3. The fourth-order valence-electron chi connectivity index (χ4n) is 6.06. The van der Waals surface area contributed by atoms with E-state index in [2.05, 4.69) is 125 Å². The molecule has 0 fully saturated rings. The van der Waals surface area contributed by atoms with Crippen molar-refractivity contribution in [1.82, 2.24) is 31.1 Å². The number of hydrogen-bond acceptors (Lipinski definition) is 5. The molecule has 0 saturated heterocycles. The molecule has 3 aromatic rings. The lowest BCUT2D eigenvalue weighted by atomic mass is 9.86. The Morgan fingerprint density at radius 1 is 0.795 bits per heavy atom. The minimum atomic E-state index is -0.0733. The van der Waals surface area contributed by atoms with Crippen LogP contribution in [0.1, 0.15) is 47.4 Å². The molecule has 44 heavy (non-hydrogen) atoms. The normalized spacial score (nSPS) is 14.7. The quantitative estimate of drug-likeness (QED) is 0.161. The van der Waals surface area contributed by atoms with Crippen LogP contribution < -0.4 is 21.3 Å². The highest BCUT2D eigenvalue weighted by Gasteiger charge is 2.26. The lowest BCUT2D eigenvalue weighted by Gasteiger charge is -2.21. The molecule has 7 nitrogen and oxygen atoms in total. The van der Waals surface area contributed by atoms with Gasteiger partial charge in [-0.3, -0.25) is 0 Å². The largest absolute Gasteiger partial charge is 0.372 e. The average molecular weight is 597 g/mol. The van der Waals surface area contributed by atoms with Crippen molar-refractivity contribution in [1.29, 1.82) is 0 Å². The summed E-state index contributed by atoms with van der Waals surface area (Å²) < 4.78 is 0. The van der Waals surface area contributed by atoms with Crippen LogP contribution >= 0.6 is 0 Å². The molecule has 236 valence electrons. The first-order valence-corrected chi connectivity index (χ1v) is 16.1. The van der Waals surface area contributed by atoms with Gasteiger partial charge >= 0.3 is 6.03 Å². The van der Waals surface area contributed by atoms with Gasteiger partial charge in [0.1, 0.15) is 0 Å². The van der Waals surface area contributed by atoms with E-state index in [0.717, 1.165) is 64.1 Å². The highest BCUT2D eigenvalue weighted by atomic mass is 16.2. The molecule has 4 rings (SSSR count). The number of rotatable bonds is 17. The molecule has 0 radical (unpaired) electrons. The van der Waals surface area contributed by atoms with Gasteiger partial charge in [-0.15, -0.1) is 0 Å². The number of carbonyl (C=O) groups is 1. The molecule has 4 N–H and O–H groups in total. The van der Waals surface area contributed by atoms with Crippen molar-refractivity contribution >= 4 is 6.03 Å². The fourth-order valence-corrected chi connectivity index (χ4v) is 6.06. The van der Waals surface area contributed by atoms with E-state index in [1.165, 1.54) is 33.4 Å². The van der Waals surface area contributed by atoms with Crippen molar-refractivity contribution in [2.45, 2.75) is 44.1 Å². The SMILES string of the molecule is C=C(NCCCN(C)C)NCCC(c1ccccc1)c1cccc(-c2cccc3c2CC(NC(=O)NCCCN(C)C)C3)c1. The first kappa shape index (κ1) is 33.1. The molecule has 0 heterocycles. The van der Waals surface area contributed by atoms with Crippen LogP contribution in [0.4, 0.5) is 4.79 Å². The van der Waals surface area contributed by atoms with Crippen LogP contribution in [0.2, 0.25) is 0 Å². The van der Waals surface area contributed by atoms with Gasteiger partial charge in [-0.25, -0.2) is 4.79 Å². The molecule has 1 aliphatic carbocycles. The lowest BCUT2D eigenvalue weighted by Crippen LogP contribution is -2.43. The number of fused-ring (bicyclic) bond motifs is 1. The summed E-state index contributed by atoms with van der Waals surface area (Å²) in [6, 6.07) is 26.4. The van der Waals surface area contributed by atoms with Crippen molar-refractivity contribution in [3.05, 3.63) is 107 Å². The molecular weight excluding hydrogens is 544 g/mol. The first-order chi connectivity index (χ1) is 21.3. The smallest absolute Gasteiger partial charge is 0.315 e. The second-order valence-electron chi connectivity index (χ2n) is 12.5. The minimum absolute atomic E-state index is 0.0733. The van der Waals surface area contributed by atoms with Gasteiger partial charge in [0.2, 0.25) is 0 Å². The maximum absolute atomic E-state index is 12.6. The standard InChI is InChI=1S/C37H52N6O/c1-28(38-20-11-23-42(2)3)39-22-19-34(29-13-7-6-8-14-29)30-15-9-16-31(25-30)35-18-10-17-32-26-33(27-36(32)35)41-37(44)40-21-12-24-43(4)5/h6-10,13-18,25,33-34,38-39H,1,11-12,19-24,26-27H2,2-5H3,(H2,40,41,44). The molecule has 3 aromatic carbocycles. The molecule has 2 amide bonds. The van der Waals surface area contributed by atoms with E-state index < -0.39 is 0 Å². The number of nitrogens with one attached hydrogen (secondary N) is 4. The Morgan fingerprint density at radius 3 is 2.18 bits per heavy atom. The molecule has 0 aromatic heterocycles. The highest BCUT2D eigenvalue weighted by Crippen LogP contribution is 2.35. The summed E-state index contributed by atoms with van der Waals surface area (Å²) in [5.41, 5.74) is 7.79. The van der Waals surface area contributed by atoms with E-state index in [1.54, 1.807) is 0 Å². The molecule has 0 saturated carbocycles. The first-order valence-electron chi connectivity index (χ1n) is 16.1. The third-order valence-corrected chi connectivity index (χ3v) is 8.29. The number of carbonyl (C=O) groups excluding carboxylic acids is 1. The molecular formula is C37H52N6O. The zero-order valence-corrected chi connectivity index (χ0v) is 27.2. The maximum Gasteiger partial charge on any atom is 0.315 e. The third kappa shape index (κ3) is 10.1. The molecule has 2 atom stereocenters. The van der Waals surface area contributed by atoms with Gasteiger partial charge in [-0.05, 0) is 107 Å². The molecule has 0 aliphatic heterocycles. The van der Waals surface area contributed by atoms with E-state index in [1.807, 2.05) is 14.1 Å². The van der Waals surface area contributed by atoms with Crippen molar-refractivity contribution in [2.75, 3.05) is 60.9 Å². The van der Waals surface area contributed by atoms with Crippen molar-refractivity contribution in [2.24, 2.45) is 0 Å². The van der Waals surface area contributed by atoms with Gasteiger partial charge < -0.3 is 31.1 Å². The Labute approximate surface area is 265 Å². The van der Waals surface area contributed by atoms with Gasteiger partial charge in [0.15, 0.2) is 0 Å². The van der Waals surface area contributed by atoms with Crippen LogP contribution in [0, 0.1) is 0 Å². The molecule has 0 spiro atoms. The van der Waals surface area contributed by atoms with E-state index in [-0.39, 0.29) is 18.0 Å². The van der Waals surface area contributed by atoms with Gasteiger partial charge in [0.05, 0.1) is 5.82 Å². The average Bonchev–Trinajstić information content (AvgIpc) is 3.42. The van der Waals surface area contributed by atoms with Gasteiger partial charge in [0.25, 0.3) is 0 Å². The summed E-state index contributed by atoms with van der Waals surface area (Å²) in [5.74, 6) is 1.14. The Balaban J connectivity index is 1.42. The Hall–Kier alpha value is -3.81. The molecule has 2 unspecified atom stereocenters. The second-order valence-corrected chi connectivity index (χ2v) is 12.5. The maximum atomic E-state index is 12.6. The van der Waals surface area contributed by atoms with E-state index >= 15 is 0 Å². The van der Waals surface area contributed by atoms with Crippen LogP contribution in [0.3, 0.4) is 0 Å². The summed E-state index contributed by atoms with van der Waals surface area (Å²) >= 11 is 0. The van der Waals surface area contributed by atoms with Crippen molar-refractivity contribution < 1.29 is 4.79 Å².